The first-order chi connectivity index (χ1) is 9.30. The van der Waals surface area contributed by atoms with Gasteiger partial charge in [0.1, 0.15) is 17.1 Å². The zero-order valence-corrected chi connectivity index (χ0v) is 12.0. The van der Waals surface area contributed by atoms with Crippen LogP contribution in [0.3, 0.4) is 0 Å². The zero-order chi connectivity index (χ0) is 13.7. The van der Waals surface area contributed by atoms with Crippen LogP contribution in [0.2, 0.25) is 0 Å². The molecule has 2 aromatic rings. The highest BCUT2D eigenvalue weighted by atomic mass is 16.5. The SMILES string of the molecule is CCCc1cc2cccc(OCC)c2nc1NCC. The maximum atomic E-state index is 5.66. The van der Waals surface area contributed by atoms with Crippen molar-refractivity contribution in [3.63, 3.8) is 0 Å². The normalized spacial score (nSPS) is 10.7. The Balaban J connectivity index is 2.55. The molecule has 0 atom stereocenters. The van der Waals surface area contributed by atoms with Crippen molar-refractivity contribution in [3.8, 4) is 5.75 Å². The zero-order valence-electron chi connectivity index (χ0n) is 12.0. The van der Waals surface area contributed by atoms with Gasteiger partial charge in [0.05, 0.1) is 6.61 Å². The van der Waals surface area contributed by atoms with Crippen molar-refractivity contribution in [2.45, 2.75) is 33.6 Å². The number of nitrogens with one attached hydrogen (secondary N) is 1. The van der Waals surface area contributed by atoms with Gasteiger partial charge in [0.2, 0.25) is 0 Å². The summed E-state index contributed by atoms with van der Waals surface area (Å²) in [6.45, 7) is 7.82. The summed E-state index contributed by atoms with van der Waals surface area (Å²) in [6.07, 6.45) is 2.17. The molecule has 1 aromatic carbocycles. The number of pyridine rings is 1. The van der Waals surface area contributed by atoms with Gasteiger partial charge in [-0.3, -0.25) is 0 Å². The van der Waals surface area contributed by atoms with E-state index in [-0.39, 0.29) is 0 Å². The molecular weight excluding hydrogens is 236 g/mol. The average molecular weight is 258 g/mol. The lowest BCUT2D eigenvalue weighted by Gasteiger charge is -2.13. The van der Waals surface area contributed by atoms with Crippen molar-refractivity contribution in [1.82, 2.24) is 4.98 Å². The average Bonchev–Trinajstić information content (AvgIpc) is 2.41. The fraction of sp³-hybridized carbons (Fsp3) is 0.438. The Labute approximate surface area is 115 Å². The summed E-state index contributed by atoms with van der Waals surface area (Å²) in [6, 6.07) is 8.33. The molecule has 0 radical (unpaired) electrons. The molecule has 1 N–H and O–H groups in total. The van der Waals surface area contributed by atoms with E-state index in [1.54, 1.807) is 0 Å². The third-order valence-electron chi connectivity index (χ3n) is 3.05. The topological polar surface area (TPSA) is 34.1 Å². The van der Waals surface area contributed by atoms with Crippen molar-refractivity contribution in [3.05, 3.63) is 29.8 Å². The molecule has 0 saturated heterocycles. The number of benzene rings is 1. The number of ether oxygens (including phenoxy) is 1. The van der Waals surface area contributed by atoms with Crippen LogP contribution < -0.4 is 10.1 Å². The maximum absolute atomic E-state index is 5.66. The molecule has 0 aliphatic rings. The molecule has 0 aliphatic heterocycles. The Morgan fingerprint density at radius 2 is 2.05 bits per heavy atom. The lowest BCUT2D eigenvalue weighted by Crippen LogP contribution is -2.04. The predicted octanol–water partition coefficient (Wildman–Crippen LogP) is 4.02. The lowest BCUT2D eigenvalue weighted by atomic mass is 10.1. The number of anilines is 1. The summed E-state index contributed by atoms with van der Waals surface area (Å²) >= 11 is 0. The molecule has 3 heteroatoms. The Kier molecular flexibility index (Phi) is 4.61. The van der Waals surface area contributed by atoms with Gasteiger partial charge in [0.25, 0.3) is 0 Å². The standard InChI is InChI=1S/C16H22N2O/c1-4-8-13-11-12-9-7-10-14(19-6-3)15(12)18-16(13)17-5-2/h7,9-11H,4-6,8H2,1-3H3,(H,17,18). The smallest absolute Gasteiger partial charge is 0.145 e. The molecule has 2 rings (SSSR count). The molecule has 1 aromatic heterocycles. The van der Waals surface area contributed by atoms with Gasteiger partial charge in [-0.2, -0.15) is 0 Å². The molecule has 0 aliphatic carbocycles. The van der Waals surface area contributed by atoms with Gasteiger partial charge in [0.15, 0.2) is 0 Å². The van der Waals surface area contributed by atoms with E-state index >= 15 is 0 Å². The molecule has 0 bridgehead atoms. The van der Waals surface area contributed by atoms with Crippen LogP contribution in [0.25, 0.3) is 10.9 Å². The van der Waals surface area contributed by atoms with Crippen molar-refractivity contribution < 1.29 is 4.74 Å². The van der Waals surface area contributed by atoms with Crippen LogP contribution in [0.15, 0.2) is 24.3 Å². The molecule has 0 unspecified atom stereocenters. The minimum atomic E-state index is 0.661. The number of nitrogens with zero attached hydrogens (tertiary/aromatic N) is 1. The summed E-state index contributed by atoms with van der Waals surface area (Å²) < 4.78 is 5.66. The van der Waals surface area contributed by atoms with E-state index in [0.29, 0.717) is 6.61 Å². The van der Waals surface area contributed by atoms with Crippen LogP contribution in [0.4, 0.5) is 5.82 Å². The summed E-state index contributed by atoms with van der Waals surface area (Å²) in [5.74, 6) is 1.85. The number of rotatable bonds is 6. The van der Waals surface area contributed by atoms with Crippen LogP contribution in [0, 0.1) is 0 Å². The van der Waals surface area contributed by atoms with E-state index in [1.165, 1.54) is 5.56 Å². The van der Waals surface area contributed by atoms with Gasteiger partial charge in [-0.05, 0) is 38.0 Å². The molecule has 0 fully saturated rings. The number of aryl methyl sites for hydroxylation is 1. The third kappa shape index (κ3) is 2.98. The van der Waals surface area contributed by atoms with E-state index in [2.05, 4.69) is 31.3 Å². The fourth-order valence-electron chi connectivity index (χ4n) is 2.27. The highest BCUT2D eigenvalue weighted by Gasteiger charge is 2.09. The second kappa shape index (κ2) is 6.41. The third-order valence-corrected chi connectivity index (χ3v) is 3.05. The van der Waals surface area contributed by atoms with Crippen LogP contribution in [0.1, 0.15) is 32.8 Å². The fourth-order valence-corrected chi connectivity index (χ4v) is 2.27. The van der Waals surface area contributed by atoms with E-state index < -0.39 is 0 Å². The summed E-state index contributed by atoms with van der Waals surface area (Å²) in [4.78, 5) is 4.77. The van der Waals surface area contributed by atoms with E-state index in [4.69, 9.17) is 9.72 Å². The summed E-state index contributed by atoms with van der Waals surface area (Å²) in [7, 11) is 0. The molecule has 0 spiro atoms. The van der Waals surface area contributed by atoms with Gasteiger partial charge in [-0.25, -0.2) is 4.98 Å². The first-order valence-corrected chi connectivity index (χ1v) is 7.09. The largest absolute Gasteiger partial charge is 0.492 e. The van der Waals surface area contributed by atoms with Gasteiger partial charge in [-0.15, -0.1) is 0 Å². The quantitative estimate of drug-likeness (QED) is 0.849. The van der Waals surface area contributed by atoms with Crippen molar-refractivity contribution in [2.24, 2.45) is 0 Å². The number of fused-ring (bicyclic) bond motifs is 1. The minimum Gasteiger partial charge on any atom is -0.492 e. The van der Waals surface area contributed by atoms with E-state index in [1.807, 2.05) is 19.1 Å². The van der Waals surface area contributed by atoms with Crippen molar-refractivity contribution in [1.29, 1.82) is 0 Å². The minimum absolute atomic E-state index is 0.661. The lowest BCUT2D eigenvalue weighted by molar-refractivity contribution is 0.343. The summed E-state index contributed by atoms with van der Waals surface area (Å²) in [5.41, 5.74) is 2.23. The first kappa shape index (κ1) is 13.7. The molecule has 0 amide bonds. The molecule has 3 nitrogen and oxygen atoms in total. The first-order valence-electron chi connectivity index (χ1n) is 7.09. The van der Waals surface area contributed by atoms with Crippen LogP contribution >= 0.6 is 0 Å². The van der Waals surface area contributed by atoms with Gasteiger partial charge in [-0.1, -0.05) is 25.5 Å². The number of hydrogen-bond donors (Lipinski definition) is 1. The maximum Gasteiger partial charge on any atom is 0.145 e. The van der Waals surface area contributed by atoms with Gasteiger partial charge in [0, 0.05) is 11.9 Å². The Morgan fingerprint density at radius 1 is 1.21 bits per heavy atom. The molecule has 102 valence electrons. The van der Waals surface area contributed by atoms with Gasteiger partial charge >= 0.3 is 0 Å². The molecule has 0 saturated carbocycles. The second-order valence-electron chi connectivity index (χ2n) is 4.54. The Hall–Kier alpha value is -1.77. The van der Waals surface area contributed by atoms with Crippen molar-refractivity contribution >= 4 is 16.7 Å². The molecule has 19 heavy (non-hydrogen) atoms. The summed E-state index contributed by atoms with van der Waals surface area (Å²) in [5, 5.41) is 4.50. The highest BCUT2D eigenvalue weighted by molar-refractivity contribution is 5.87. The van der Waals surface area contributed by atoms with Gasteiger partial charge < -0.3 is 10.1 Å². The number of aromatic nitrogens is 1. The number of para-hydroxylation sites is 1. The Bertz CT molecular complexity index is 552. The predicted molar refractivity (Wildman–Crippen MR) is 81.1 cm³/mol. The van der Waals surface area contributed by atoms with Crippen molar-refractivity contribution in [2.75, 3.05) is 18.5 Å². The molecule has 1 heterocycles. The van der Waals surface area contributed by atoms with E-state index in [0.717, 1.165) is 41.9 Å². The highest BCUT2D eigenvalue weighted by Crippen LogP contribution is 2.28. The Morgan fingerprint density at radius 3 is 2.74 bits per heavy atom. The monoisotopic (exact) mass is 258 g/mol. The number of hydrogen-bond acceptors (Lipinski definition) is 3. The molecular formula is C16H22N2O. The van der Waals surface area contributed by atoms with Crippen LogP contribution in [-0.4, -0.2) is 18.1 Å². The van der Waals surface area contributed by atoms with E-state index in [9.17, 15) is 0 Å². The van der Waals surface area contributed by atoms with Crippen LogP contribution in [-0.2, 0) is 6.42 Å². The van der Waals surface area contributed by atoms with Crippen LogP contribution in [0.5, 0.6) is 5.75 Å². The second-order valence-corrected chi connectivity index (χ2v) is 4.54.